The Labute approximate surface area is 161 Å². The van der Waals surface area contributed by atoms with Crippen LogP contribution in [0.15, 0.2) is 24.5 Å². The number of aryl methyl sites for hydroxylation is 1. The first-order chi connectivity index (χ1) is 12.8. The zero-order chi connectivity index (χ0) is 18.7. The molecule has 1 heterocycles. The summed E-state index contributed by atoms with van der Waals surface area (Å²) in [6.45, 7) is 6.47. The Hall–Kier alpha value is -0.930. The van der Waals surface area contributed by atoms with Gasteiger partial charge in [-0.1, -0.05) is 63.9 Å². The van der Waals surface area contributed by atoms with E-state index in [1.807, 2.05) is 18.5 Å². The van der Waals surface area contributed by atoms with Gasteiger partial charge in [-0.3, -0.25) is 4.98 Å². The van der Waals surface area contributed by atoms with Crippen molar-refractivity contribution >= 4 is 0 Å². The average Bonchev–Trinajstić information content (AvgIpc) is 2.65. The molecule has 0 fully saturated rings. The predicted molar refractivity (Wildman–Crippen MR) is 111 cm³/mol. The number of pyridine rings is 1. The molecule has 0 aromatic carbocycles. The maximum Gasteiger partial charge on any atom is 0.0703 e. The van der Waals surface area contributed by atoms with Crippen LogP contribution in [0.2, 0.25) is 0 Å². The molecule has 0 bridgehead atoms. The summed E-state index contributed by atoms with van der Waals surface area (Å²) in [6.07, 6.45) is 20.2. The minimum atomic E-state index is 0.311. The predicted octanol–water partition coefficient (Wildman–Crippen LogP) is 6.36. The van der Waals surface area contributed by atoms with Crippen LogP contribution in [-0.2, 0) is 15.9 Å². The van der Waals surface area contributed by atoms with Gasteiger partial charge in [-0.25, -0.2) is 0 Å². The monoisotopic (exact) mass is 363 g/mol. The first-order valence-electron chi connectivity index (χ1n) is 10.9. The molecule has 0 radical (unpaired) electrons. The van der Waals surface area contributed by atoms with Crippen molar-refractivity contribution in [2.45, 2.75) is 97.0 Å². The molecule has 1 aromatic heterocycles. The van der Waals surface area contributed by atoms with E-state index in [2.05, 4.69) is 24.9 Å². The van der Waals surface area contributed by atoms with Crippen LogP contribution >= 0.6 is 0 Å². The van der Waals surface area contributed by atoms with Crippen molar-refractivity contribution < 1.29 is 9.47 Å². The van der Waals surface area contributed by atoms with Crippen LogP contribution in [0, 0.1) is 0 Å². The van der Waals surface area contributed by atoms with Crippen molar-refractivity contribution in [1.29, 1.82) is 0 Å². The van der Waals surface area contributed by atoms with E-state index >= 15 is 0 Å². The molecule has 0 N–H and O–H groups in total. The lowest BCUT2D eigenvalue weighted by atomic mass is 10.0. The Morgan fingerprint density at radius 3 is 1.96 bits per heavy atom. The van der Waals surface area contributed by atoms with Gasteiger partial charge in [0.2, 0.25) is 0 Å². The lowest BCUT2D eigenvalue weighted by Gasteiger charge is -2.08. The number of ether oxygens (including phenoxy) is 2. The SMILES string of the molecule is CC(C)OCCOCCCCCCCCCCCCCc1cccnc1. The highest BCUT2D eigenvalue weighted by Crippen LogP contribution is 2.12. The third-order valence-corrected chi connectivity index (χ3v) is 4.66. The van der Waals surface area contributed by atoms with E-state index in [-0.39, 0.29) is 0 Å². The molecule has 0 amide bonds. The van der Waals surface area contributed by atoms with Crippen molar-refractivity contribution in [3.8, 4) is 0 Å². The Morgan fingerprint density at radius 1 is 0.769 bits per heavy atom. The van der Waals surface area contributed by atoms with Gasteiger partial charge >= 0.3 is 0 Å². The quantitative estimate of drug-likeness (QED) is 0.284. The summed E-state index contributed by atoms with van der Waals surface area (Å²) in [5, 5.41) is 0. The molecule has 1 rings (SSSR count). The number of aromatic nitrogens is 1. The maximum atomic E-state index is 5.58. The highest BCUT2D eigenvalue weighted by atomic mass is 16.5. The van der Waals surface area contributed by atoms with Crippen molar-refractivity contribution in [2.24, 2.45) is 0 Å². The zero-order valence-electron chi connectivity index (χ0n) is 17.3. The molecule has 3 heteroatoms. The molecule has 1 aromatic rings. The summed E-state index contributed by atoms with van der Waals surface area (Å²) in [4.78, 5) is 4.17. The fourth-order valence-electron chi connectivity index (χ4n) is 3.12. The van der Waals surface area contributed by atoms with Gasteiger partial charge in [-0.2, -0.15) is 0 Å². The summed E-state index contributed by atoms with van der Waals surface area (Å²) in [5.41, 5.74) is 1.38. The molecule has 3 nitrogen and oxygen atoms in total. The van der Waals surface area contributed by atoms with Crippen LogP contribution in [0.3, 0.4) is 0 Å². The van der Waals surface area contributed by atoms with Crippen LogP contribution in [-0.4, -0.2) is 30.9 Å². The Morgan fingerprint density at radius 2 is 1.38 bits per heavy atom. The molecule has 0 atom stereocenters. The van der Waals surface area contributed by atoms with Crippen molar-refractivity contribution in [3.05, 3.63) is 30.1 Å². The van der Waals surface area contributed by atoms with Crippen molar-refractivity contribution in [3.63, 3.8) is 0 Å². The molecular weight excluding hydrogens is 322 g/mol. The fourth-order valence-corrected chi connectivity index (χ4v) is 3.12. The summed E-state index contributed by atoms with van der Waals surface area (Å²) < 4.78 is 11.0. The van der Waals surface area contributed by atoms with E-state index in [0.29, 0.717) is 6.10 Å². The summed E-state index contributed by atoms with van der Waals surface area (Å²) >= 11 is 0. The van der Waals surface area contributed by atoms with Crippen LogP contribution < -0.4 is 0 Å². The number of hydrogen-bond donors (Lipinski definition) is 0. The van der Waals surface area contributed by atoms with E-state index in [0.717, 1.165) is 19.8 Å². The number of unbranched alkanes of at least 4 members (excludes halogenated alkanes) is 10. The van der Waals surface area contributed by atoms with E-state index in [4.69, 9.17) is 9.47 Å². The van der Waals surface area contributed by atoms with E-state index in [9.17, 15) is 0 Å². The number of nitrogens with zero attached hydrogens (tertiary/aromatic N) is 1. The van der Waals surface area contributed by atoms with E-state index in [1.54, 1.807) is 0 Å². The lowest BCUT2D eigenvalue weighted by molar-refractivity contribution is 0.0186. The smallest absolute Gasteiger partial charge is 0.0703 e. The molecule has 150 valence electrons. The Balaban J connectivity index is 1.70. The maximum absolute atomic E-state index is 5.58. The Bertz CT molecular complexity index is 394. The van der Waals surface area contributed by atoms with Crippen molar-refractivity contribution in [1.82, 2.24) is 4.98 Å². The largest absolute Gasteiger partial charge is 0.379 e. The molecule has 26 heavy (non-hydrogen) atoms. The third kappa shape index (κ3) is 15.3. The molecule has 0 saturated heterocycles. The van der Waals surface area contributed by atoms with Gasteiger partial charge in [-0.05, 0) is 44.7 Å². The molecular formula is C23H41NO2. The molecule has 0 saturated carbocycles. The first kappa shape index (κ1) is 23.1. The van der Waals surface area contributed by atoms with E-state index < -0.39 is 0 Å². The second-order valence-corrected chi connectivity index (χ2v) is 7.53. The standard InChI is InChI=1S/C23H41NO2/c1-22(2)26-20-19-25-18-13-11-9-7-5-3-4-6-8-10-12-15-23-16-14-17-24-21-23/h14,16-17,21-22H,3-13,15,18-20H2,1-2H3. The van der Waals surface area contributed by atoms with Gasteiger partial charge in [0.15, 0.2) is 0 Å². The summed E-state index contributed by atoms with van der Waals surface area (Å²) in [6, 6.07) is 4.21. The minimum absolute atomic E-state index is 0.311. The van der Waals surface area contributed by atoms with Gasteiger partial charge in [-0.15, -0.1) is 0 Å². The topological polar surface area (TPSA) is 31.4 Å². The Kier molecular flexibility index (Phi) is 15.5. The third-order valence-electron chi connectivity index (χ3n) is 4.66. The fraction of sp³-hybridized carbons (Fsp3) is 0.783. The number of hydrogen-bond acceptors (Lipinski definition) is 3. The molecule has 0 unspecified atom stereocenters. The van der Waals surface area contributed by atoms with Crippen LogP contribution in [0.4, 0.5) is 0 Å². The van der Waals surface area contributed by atoms with Gasteiger partial charge in [0.1, 0.15) is 0 Å². The highest BCUT2D eigenvalue weighted by molar-refractivity contribution is 5.08. The zero-order valence-corrected chi connectivity index (χ0v) is 17.3. The molecule has 0 aliphatic carbocycles. The molecule has 0 aliphatic heterocycles. The molecule has 0 aliphatic rings. The normalized spacial score (nSPS) is 11.3. The first-order valence-corrected chi connectivity index (χ1v) is 10.9. The van der Waals surface area contributed by atoms with Crippen LogP contribution in [0.5, 0.6) is 0 Å². The van der Waals surface area contributed by atoms with Gasteiger partial charge in [0.05, 0.1) is 19.3 Å². The minimum Gasteiger partial charge on any atom is -0.379 e. The van der Waals surface area contributed by atoms with Gasteiger partial charge in [0, 0.05) is 19.0 Å². The second kappa shape index (κ2) is 17.5. The molecule has 0 spiro atoms. The van der Waals surface area contributed by atoms with Crippen LogP contribution in [0.25, 0.3) is 0 Å². The highest BCUT2D eigenvalue weighted by Gasteiger charge is 1.96. The van der Waals surface area contributed by atoms with E-state index in [1.165, 1.54) is 82.6 Å². The van der Waals surface area contributed by atoms with Crippen LogP contribution in [0.1, 0.15) is 90.0 Å². The second-order valence-electron chi connectivity index (χ2n) is 7.53. The number of rotatable bonds is 18. The van der Waals surface area contributed by atoms with Gasteiger partial charge in [0.25, 0.3) is 0 Å². The average molecular weight is 364 g/mol. The summed E-state index contributed by atoms with van der Waals surface area (Å²) in [7, 11) is 0. The van der Waals surface area contributed by atoms with Crippen molar-refractivity contribution in [2.75, 3.05) is 19.8 Å². The lowest BCUT2D eigenvalue weighted by Crippen LogP contribution is -2.10. The summed E-state index contributed by atoms with van der Waals surface area (Å²) in [5.74, 6) is 0. The van der Waals surface area contributed by atoms with Gasteiger partial charge < -0.3 is 9.47 Å².